The van der Waals surface area contributed by atoms with Gasteiger partial charge in [0.1, 0.15) is 0 Å². The molecular weight excluding hydrogens is 332 g/mol. The van der Waals surface area contributed by atoms with Gasteiger partial charge in [0.2, 0.25) is 0 Å². The predicted octanol–water partition coefficient (Wildman–Crippen LogP) is 7.73. The summed E-state index contributed by atoms with van der Waals surface area (Å²) in [5.41, 5.74) is 0. The molecule has 0 amide bonds. The van der Waals surface area contributed by atoms with E-state index in [4.69, 9.17) is 5.11 Å². The Labute approximate surface area is 168 Å². The summed E-state index contributed by atoms with van der Waals surface area (Å²) in [5.74, 6) is 1.24. The van der Waals surface area contributed by atoms with E-state index in [0.717, 1.165) is 31.6 Å². The summed E-state index contributed by atoms with van der Waals surface area (Å²) in [7, 11) is 0. The van der Waals surface area contributed by atoms with Gasteiger partial charge in [-0.3, -0.25) is 4.79 Å². The van der Waals surface area contributed by atoms with Crippen LogP contribution in [0.15, 0.2) is 48.6 Å². The first kappa shape index (κ1) is 25.4. The van der Waals surface area contributed by atoms with Crippen LogP contribution < -0.4 is 0 Å². The summed E-state index contributed by atoms with van der Waals surface area (Å²) in [6.07, 6.45) is 26.7. The van der Waals surface area contributed by atoms with Crippen LogP contribution >= 0.6 is 0 Å². The third kappa shape index (κ3) is 17.6. The molecule has 0 aromatic carbocycles. The van der Waals surface area contributed by atoms with Crippen molar-refractivity contribution in [3.63, 3.8) is 0 Å². The van der Waals surface area contributed by atoms with E-state index in [0.29, 0.717) is 18.3 Å². The van der Waals surface area contributed by atoms with E-state index >= 15 is 0 Å². The topological polar surface area (TPSA) is 37.3 Å². The summed E-state index contributed by atoms with van der Waals surface area (Å²) < 4.78 is 0. The van der Waals surface area contributed by atoms with Gasteiger partial charge in [-0.2, -0.15) is 0 Å². The van der Waals surface area contributed by atoms with E-state index in [1.54, 1.807) is 0 Å². The van der Waals surface area contributed by atoms with Gasteiger partial charge in [0.05, 0.1) is 0 Å². The van der Waals surface area contributed by atoms with Crippen molar-refractivity contribution in [3.05, 3.63) is 48.6 Å². The number of hydrogen-bond acceptors (Lipinski definition) is 1. The molecule has 154 valence electrons. The molecule has 2 nitrogen and oxygen atoms in total. The maximum atomic E-state index is 10.4. The average Bonchev–Trinajstić information content (AvgIpc) is 2.63. The van der Waals surface area contributed by atoms with Crippen molar-refractivity contribution < 1.29 is 9.90 Å². The first-order chi connectivity index (χ1) is 13.0. The van der Waals surface area contributed by atoms with Crippen LogP contribution in [-0.2, 0) is 4.79 Å². The fraction of sp³-hybridized carbons (Fsp3) is 0.640. The Morgan fingerprint density at radius 3 is 2.00 bits per heavy atom. The Kier molecular flexibility index (Phi) is 16.8. The van der Waals surface area contributed by atoms with E-state index in [1.807, 2.05) is 0 Å². The summed E-state index contributed by atoms with van der Waals surface area (Å²) in [4.78, 5) is 10.4. The highest BCUT2D eigenvalue weighted by molar-refractivity contribution is 5.66. The molecule has 0 aromatic rings. The van der Waals surface area contributed by atoms with E-state index in [-0.39, 0.29) is 0 Å². The molecule has 0 aromatic heterocycles. The molecule has 0 bridgehead atoms. The average molecular weight is 375 g/mol. The first-order valence-electron chi connectivity index (χ1n) is 10.9. The normalized spacial score (nSPS) is 16.0. The second kappa shape index (κ2) is 17.8. The molecular formula is C25H42O2. The maximum Gasteiger partial charge on any atom is 0.303 e. The van der Waals surface area contributed by atoms with Gasteiger partial charge in [0, 0.05) is 6.42 Å². The molecule has 3 atom stereocenters. The molecule has 27 heavy (non-hydrogen) atoms. The molecule has 1 N–H and O–H groups in total. The highest BCUT2D eigenvalue weighted by Crippen LogP contribution is 2.19. The Morgan fingerprint density at radius 1 is 0.778 bits per heavy atom. The second-order valence-corrected chi connectivity index (χ2v) is 7.84. The Morgan fingerprint density at radius 2 is 1.37 bits per heavy atom. The zero-order chi connectivity index (χ0) is 20.3. The molecule has 0 rings (SSSR count). The van der Waals surface area contributed by atoms with Crippen LogP contribution in [0.1, 0.15) is 85.5 Å². The van der Waals surface area contributed by atoms with E-state index in [2.05, 4.69) is 76.3 Å². The monoisotopic (exact) mass is 374 g/mol. The highest BCUT2D eigenvalue weighted by Gasteiger charge is 2.07. The molecule has 0 aliphatic rings. The van der Waals surface area contributed by atoms with Gasteiger partial charge in [0.15, 0.2) is 0 Å². The number of carboxylic acid groups (broad SMARTS) is 1. The number of rotatable bonds is 16. The molecule has 0 saturated carbocycles. The number of allylic oxidation sites excluding steroid dienone is 8. The number of carboxylic acids is 1. The van der Waals surface area contributed by atoms with Crippen LogP contribution in [0.5, 0.6) is 0 Å². The summed E-state index contributed by atoms with van der Waals surface area (Å²) >= 11 is 0. The van der Waals surface area contributed by atoms with Crippen molar-refractivity contribution in [2.45, 2.75) is 85.5 Å². The van der Waals surface area contributed by atoms with Crippen molar-refractivity contribution in [1.82, 2.24) is 0 Å². The van der Waals surface area contributed by atoms with Gasteiger partial charge in [-0.1, -0.05) is 115 Å². The fourth-order valence-corrected chi connectivity index (χ4v) is 2.93. The van der Waals surface area contributed by atoms with Gasteiger partial charge >= 0.3 is 5.97 Å². The lowest BCUT2D eigenvalue weighted by atomic mass is 9.90. The van der Waals surface area contributed by atoms with E-state index in [9.17, 15) is 4.79 Å². The summed E-state index contributed by atoms with van der Waals surface area (Å²) in [5, 5.41) is 8.61. The third-order valence-corrected chi connectivity index (χ3v) is 5.12. The Bertz CT molecular complexity index is 471. The second-order valence-electron chi connectivity index (χ2n) is 7.84. The van der Waals surface area contributed by atoms with Crippen LogP contribution in [0.25, 0.3) is 0 Å². The molecule has 0 aliphatic heterocycles. The minimum Gasteiger partial charge on any atom is -0.481 e. The Hall–Kier alpha value is -1.57. The van der Waals surface area contributed by atoms with Gasteiger partial charge < -0.3 is 5.11 Å². The van der Waals surface area contributed by atoms with E-state index in [1.165, 1.54) is 25.7 Å². The van der Waals surface area contributed by atoms with Gasteiger partial charge in [0.25, 0.3) is 0 Å². The SMILES string of the molecule is CCCCCC(C)C(C)/C=C/C=C\C=C/C=C/C(C)CCCCCC(=O)O. The molecule has 2 heteroatoms. The minimum atomic E-state index is -0.688. The predicted molar refractivity (Wildman–Crippen MR) is 119 cm³/mol. The quantitative estimate of drug-likeness (QED) is 0.222. The van der Waals surface area contributed by atoms with Crippen molar-refractivity contribution in [1.29, 1.82) is 0 Å². The zero-order valence-corrected chi connectivity index (χ0v) is 18.1. The molecule has 3 unspecified atom stereocenters. The molecule has 0 aliphatic carbocycles. The summed E-state index contributed by atoms with van der Waals surface area (Å²) in [6, 6.07) is 0. The number of aliphatic carboxylic acids is 1. The van der Waals surface area contributed by atoms with Crippen LogP contribution in [0.2, 0.25) is 0 Å². The van der Waals surface area contributed by atoms with Crippen molar-refractivity contribution in [3.8, 4) is 0 Å². The third-order valence-electron chi connectivity index (χ3n) is 5.12. The lowest BCUT2D eigenvalue weighted by Gasteiger charge is -2.15. The lowest BCUT2D eigenvalue weighted by molar-refractivity contribution is -0.137. The summed E-state index contributed by atoms with van der Waals surface area (Å²) in [6.45, 7) is 9.13. The van der Waals surface area contributed by atoms with Gasteiger partial charge in [-0.25, -0.2) is 0 Å². The van der Waals surface area contributed by atoms with E-state index < -0.39 is 5.97 Å². The molecule has 0 radical (unpaired) electrons. The standard InChI is InChI=1S/C25H42O2/c1-5-6-12-19-23(3)24(4)20-15-10-8-7-9-13-17-22(2)18-14-11-16-21-25(26)27/h7-10,13,15,17,20,22-24H,5-6,11-12,14,16,18-19,21H2,1-4H3,(H,26,27)/b9-7-,10-8-,17-13+,20-15+. The zero-order valence-electron chi connectivity index (χ0n) is 18.1. The van der Waals surface area contributed by atoms with Crippen LogP contribution in [0, 0.1) is 17.8 Å². The van der Waals surface area contributed by atoms with Crippen molar-refractivity contribution in [2.75, 3.05) is 0 Å². The smallest absolute Gasteiger partial charge is 0.303 e. The fourth-order valence-electron chi connectivity index (χ4n) is 2.93. The first-order valence-corrected chi connectivity index (χ1v) is 10.9. The van der Waals surface area contributed by atoms with Crippen molar-refractivity contribution >= 4 is 5.97 Å². The molecule has 0 fully saturated rings. The molecule has 0 saturated heterocycles. The number of carbonyl (C=O) groups is 1. The number of hydrogen-bond donors (Lipinski definition) is 1. The molecule has 0 spiro atoms. The number of unbranched alkanes of at least 4 members (excludes halogenated alkanes) is 4. The largest absolute Gasteiger partial charge is 0.481 e. The van der Waals surface area contributed by atoms with Crippen molar-refractivity contribution in [2.24, 2.45) is 17.8 Å². The maximum absolute atomic E-state index is 10.4. The Balaban J connectivity index is 3.89. The van der Waals surface area contributed by atoms with Gasteiger partial charge in [-0.05, 0) is 30.6 Å². The van der Waals surface area contributed by atoms with Gasteiger partial charge in [-0.15, -0.1) is 0 Å². The lowest BCUT2D eigenvalue weighted by Crippen LogP contribution is -2.04. The van der Waals surface area contributed by atoms with Crippen LogP contribution in [0.4, 0.5) is 0 Å². The minimum absolute atomic E-state index is 0.296. The molecule has 0 heterocycles. The van der Waals surface area contributed by atoms with Crippen LogP contribution in [-0.4, -0.2) is 11.1 Å². The van der Waals surface area contributed by atoms with Crippen LogP contribution in [0.3, 0.4) is 0 Å². The highest BCUT2D eigenvalue weighted by atomic mass is 16.4.